The summed E-state index contributed by atoms with van der Waals surface area (Å²) in [5.74, 6) is -1.28. The molecule has 8 nitrogen and oxygen atoms in total. The summed E-state index contributed by atoms with van der Waals surface area (Å²) in [6.45, 7) is 4.37. The fourth-order valence-electron chi connectivity index (χ4n) is 6.33. The maximum absolute atomic E-state index is 13.9. The van der Waals surface area contributed by atoms with Crippen LogP contribution in [0.3, 0.4) is 0 Å². The fraction of sp³-hybridized carbons (Fsp3) is 0.433. The van der Waals surface area contributed by atoms with E-state index in [1.807, 2.05) is 47.5 Å². The van der Waals surface area contributed by atoms with Gasteiger partial charge in [0, 0.05) is 36.6 Å². The maximum Gasteiger partial charge on any atom is 0.303 e. The van der Waals surface area contributed by atoms with E-state index in [-0.39, 0.29) is 29.6 Å². The lowest BCUT2D eigenvalue weighted by atomic mass is 9.73. The largest absolute Gasteiger partial charge is 0.481 e. The van der Waals surface area contributed by atoms with Gasteiger partial charge in [-0.25, -0.2) is 0 Å². The number of hydrogen-bond donors (Lipinski definition) is 4. The Morgan fingerprint density at radius 3 is 2.53 bits per heavy atom. The topological polar surface area (TPSA) is 129 Å². The van der Waals surface area contributed by atoms with E-state index in [9.17, 15) is 19.5 Å². The number of nitrogens with zero attached hydrogens (tertiary/aromatic N) is 1. The molecule has 38 heavy (non-hydrogen) atoms. The molecule has 1 spiro atoms. The van der Waals surface area contributed by atoms with Crippen LogP contribution in [0.15, 0.2) is 54.7 Å². The summed E-state index contributed by atoms with van der Waals surface area (Å²) in [6, 6.07) is 15.3. The van der Waals surface area contributed by atoms with E-state index in [0.717, 1.165) is 41.3 Å². The standard InChI is InChI=1S/C30H36N4O4/c1-29(2,31)28(38)33-25(15-20-18-32-24-10-6-4-8-22(20)24)27(37)34-13-11-30(12-14-34)17-19(16-26(35)36)21-7-3-5-9-23(21)30/h3-10,18-19,25,32H,11-17,31H2,1-2H3,(H,33,38)(H,35,36)/t19-,25+/m0/s1. The van der Waals surface area contributed by atoms with Gasteiger partial charge in [-0.15, -0.1) is 0 Å². The van der Waals surface area contributed by atoms with Crippen LogP contribution in [0.1, 0.15) is 62.1 Å². The van der Waals surface area contributed by atoms with Crippen LogP contribution in [-0.4, -0.2) is 57.4 Å². The van der Waals surface area contributed by atoms with Crippen molar-refractivity contribution in [3.05, 3.63) is 71.4 Å². The van der Waals surface area contributed by atoms with Crippen LogP contribution in [0.2, 0.25) is 0 Å². The molecule has 1 saturated heterocycles. The summed E-state index contributed by atoms with van der Waals surface area (Å²) in [5.41, 5.74) is 9.12. The van der Waals surface area contributed by atoms with Gasteiger partial charge in [0.05, 0.1) is 12.0 Å². The summed E-state index contributed by atoms with van der Waals surface area (Å²) in [6.07, 6.45) is 4.69. The van der Waals surface area contributed by atoms with E-state index >= 15 is 0 Å². The van der Waals surface area contributed by atoms with E-state index in [1.54, 1.807) is 13.8 Å². The Labute approximate surface area is 222 Å². The normalized spacial score (nSPS) is 19.3. The van der Waals surface area contributed by atoms with Crippen molar-refractivity contribution in [1.29, 1.82) is 0 Å². The summed E-state index contributed by atoms with van der Waals surface area (Å²) in [7, 11) is 0. The quantitative estimate of drug-likeness (QED) is 0.382. The first-order valence-electron chi connectivity index (χ1n) is 13.3. The second kappa shape index (κ2) is 9.91. The highest BCUT2D eigenvalue weighted by molar-refractivity contribution is 5.92. The minimum atomic E-state index is -1.11. The number of fused-ring (bicyclic) bond motifs is 3. The van der Waals surface area contributed by atoms with Gasteiger partial charge >= 0.3 is 5.97 Å². The number of amides is 2. The van der Waals surface area contributed by atoms with Gasteiger partial charge in [-0.05, 0) is 67.2 Å². The van der Waals surface area contributed by atoms with Gasteiger partial charge in [0.15, 0.2) is 0 Å². The number of carboxylic acid groups (broad SMARTS) is 1. The van der Waals surface area contributed by atoms with Crippen LogP contribution < -0.4 is 11.1 Å². The second-order valence-corrected chi connectivity index (χ2v) is 11.5. The molecule has 2 aliphatic rings. The highest BCUT2D eigenvalue weighted by Gasteiger charge is 2.46. The molecule has 0 bridgehead atoms. The molecule has 200 valence electrons. The number of nitrogens with one attached hydrogen (secondary N) is 2. The average molecular weight is 517 g/mol. The molecule has 2 aromatic carbocycles. The molecule has 8 heteroatoms. The third-order valence-corrected chi connectivity index (χ3v) is 8.35. The summed E-state index contributed by atoms with van der Waals surface area (Å²) >= 11 is 0. The first-order valence-corrected chi connectivity index (χ1v) is 13.3. The van der Waals surface area contributed by atoms with Crippen LogP contribution in [0.4, 0.5) is 0 Å². The summed E-state index contributed by atoms with van der Waals surface area (Å²) in [4.78, 5) is 43.3. The van der Waals surface area contributed by atoms with Gasteiger partial charge in [0.2, 0.25) is 11.8 Å². The number of aromatic nitrogens is 1. The molecule has 0 unspecified atom stereocenters. The molecule has 0 saturated carbocycles. The second-order valence-electron chi connectivity index (χ2n) is 11.5. The Hall–Kier alpha value is -3.65. The highest BCUT2D eigenvalue weighted by atomic mass is 16.4. The lowest BCUT2D eigenvalue weighted by Gasteiger charge is -2.41. The molecule has 1 aromatic heterocycles. The Morgan fingerprint density at radius 1 is 1.13 bits per heavy atom. The molecular weight excluding hydrogens is 480 g/mol. The molecule has 5 rings (SSSR count). The summed E-state index contributed by atoms with van der Waals surface area (Å²) < 4.78 is 0. The molecule has 1 aliphatic carbocycles. The lowest BCUT2D eigenvalue weighted by Crippen LogP contribution is -2.58. The maximum atomic E-state index is 13.9. The number of carbonyl (C=O) groups is 3. The predicted molar refractivity (Wildman–Crippen MR) is 146 cm³/mol. The number of nitrogens with two attached hydrogens (primary N) is 1. The third kappa shape index (κ3) is 4.92. The molecule has 2 heterocycles. The number of aliphatic carboxylic acids is 1. The van der Waals surface area contributed by atoms with Crippen molar-refractivity contribution in [3.63, 3.8) is 0 Å². The van der Waals surface area contributed by atoms with Crippen molar-refractivity contribution in [3.8, 4) is 0 Å². The number of benzene rings is 2. The SMILES string of the molecule is CC(C)(N)C(=O)N[C@H](Cc1c[nH]c2ccccc12)C(=O)N1CCC2(CC1)C[C@H](CC(=O)O)c1ccccc12. The third-order valence-electron chi connectivity index (χ3n) is 8.35. The van der Waals surface area contributed by atoms with Gasteiger partial charge < -0.3 is 26.0 Å². The van der Waals surface area contributed by atoms with Crippen LogP contribution >= 0.6 is 0 Å². The van der Waals surface area contributed by atoms with E-state index < -0.39 is 17.6 Å². The minimum Gasteiger partial charge on any atom is -0.481 e. The van der Waals surface area contributed by atoms with Crippen molar-refractivity contribution in [2.75, 3.05) is 13.1 Å². The van der Waals surface area contributed by atoms with Crippen LogP contribution in [0, 0.1) is 0 Å². The average Bonchev–Trinajstić information content (AvgIpc) is 3.42. The molecule has 2 amide bonds. The van der Waals surface area contributed by atoms with Crippen molar-refractivity contribution in [2.24, 2.45) is 5.73 Å². The number of piperidine rings is 1. The van der Waals surface area contributed by atoms with E-state index in [0.29, 0.717) is 19.5 Å². The van der Waals surface area contributed by atoms with E-state index in [4.69, 9.17) is 5.73 Å². The van der Waals surface area contributed by atoms with Crippen molar-refractivity contribution in [2.45, 2.75) is 68.9 Å². The molecule has 5 N–H and O–H groups in total. The molecule has 2 atom stereocenters. The lowest BCUT2D eigenvalue weighted by molar-refractivity contribution is -0.138. The van der Waals surface area contributed by atoms with Gasteiger partial charge in [-0.1, -0.05) is 42.5 Å². The number of carbonyl (C=O) groups excluding carboxylic acids is 2. The van der Waals surface area contributed by atoms with Gasteiger partial charge in [-0.2, -0.15) is 0 Å². The Morgan fingerprint density at radius 2 is 1.82 bits per heavy atom. The molecule has 0 radical (unpaired) electrons. The zero-order valence-corrected chi connectivity index (χ0v) is 22.0. The van der Waals surface area contributed by atoms with Gasteiger partial charge in [0.25, 0.3) is 0 Å². The zero-order chi connectivity index (χ0) is 27.1. The van der Waals surface area contributed by atoms with E-state index in [2.05, 4.69) is 22.4 Å². The highest BCUT2D eigenvalue weighted by Crippen LogP contribution is 2.52. The smallest absolute Gasteiger partial charge is 0.303 e. The number of carboxylic acids is 1. The Kier molecular flexibility index (Phi) is 6.77. The first kappa shape index (κ1) is 26.0. The van der Waals surface area contributed by atoms with Crippen LogP contribution in [0.5, 0.6) is 0 Å². The van der Waals surface area contributed by atoms with E-state index in [1.165, 1.54) is 5.56 Å². The number of para-hydroxylation sites is 1. The minimum absolute atomic E-state index is 0.00774. The van der Waals surface area contributed by atoms with Gasteiger partial charge in [-0.3, -0.25) is 14.4 Å². The monoisotopic (exact) mass is 516 g/mol. The van der Waals surface area contributed by atoms with Crippen molar-refractivity contribution in [1.82, 2.24) is 15.2 Å². The van der Waals surface area contributed by atoms with Crippen LogP contribution in [0.25, 0.3) is 10.9 Å². The molecule has 1 aliphatic heterocycles. The number of hydrogen-bond acceptors (Lipinski definition) is 4. The molecular formula is C30H36N4O4. The number of H-pyrrole nitrogens is 1. The zero-order valence-electron chi connectivity index (χ0n) is 22.0. The molecule has 3 aromatic rings. The summed E-state index contributed by atoms with van der Waals surface area (Å²) in [5, 5.41) is 13.4. The van der Waals surface area contributed by atoms with Gasteiger partial charge in [0.1, 0.15) is 6.04 Å². The van der Waals surface area contributed by atoms with Crippen molar-refractivity contribution < 1.29 is 19.5 Å². The number of rotatable bonds is 7. The first-order chi connectivity index (χ1) is 18.1. The number of aromatic amines is 1. The number of likely N-dealkylation sites (tertiary alicyclic amines) is 1. The van der Waals surface area contributed by atoms with Crippen LogP contribution in [-0.2, 0) is 26.2 Å². The Balaban J connectivity index is 1.35. The molecule has 1 fully saturated rings. The Bertz CT molecular complexity index is 1360. The van der Waals surface area contributed by atoms with Crippen molar-refractivity contribution >= 4 is 28.7 Å². The predicted octanol–water partition coefficient (Wildman–Crippen LogP) is 3.45. The fourth-order valence-corrected chi connectivity index (χ4v) is 6.33.